The molecule has 1 fully saturated rings. The molecule has 3 heteroatoms. The van der Waals surface area contributed by atoms with Crippen molar-refractivity contribution in [2.75, 3.05) is 0 Å². The first-order valence-electron chi connectivity index (χ1n) is 5.57. The van der Waals surface area contributed by atoms with E-state index in [-0.39, 0.29) is 21.6 Å². The molecule has 1 saturated carbocycles. The molecule has 1 aliphatic carbocycles. The number of hydrogen-bond acceptors (Lipinski definition) is 0. The molecule has 0 nitrogen and oxygen atoms in total. The predicted octanol–water partition coefficient (Wildman–Crippen LogP) is 4.82. The minimum Gasteiger partial charge on any atom is -0.205 e. The summed E-state index contributed by atoms with van der Waals surface area (Å²) in [5.74, 6) is -0.275. The Morgan fingerprint density at radius 2 is 2.25 bits per heavy atom. The van der Waals surface area contributed by atoms with Crippen molar-refractivity contribution in [2.24, 2.45) is 5.41 Å². The van der Waals surface area contributed by atoms with Gasteiger partial charge in [0.15, 0.2) is 0 Å². The summed E-state index contributed by atoms with van der Waals surface area (Å²) in [5, 5.41) is 0.453. The molecule has 0 saturated heterocycles. The number of benzene rings is 1. The Kier molecular flexibility index (Phi) is 3.46. The lowest BCUT2D eigenvalue weighted by molar-refractivity contribution is 0.330. The normalized spacial score (nSPS) is 29.6. The Morgan fingerprint density at radius 1 is 1.50 bits per heavy atom. The lowest BCUT2D eigenvalue weighted by Gasteiger charge is -2.24. The number of alkyl halides is 1. The van der Waals surface area contributed by atoms with Crippen LogP contribution in [0.2, 0.25) is 5.02 Å². The molecule has 1 aromatic rings. The topological polar surface area (TPSA) is 0 Å². The van der Waals surface area contributed by atoms with Gasteiger partial charge < -0.3 is 0 Å². The highest BCUT2D eigenvalue weighted by atomic mass is 35.5. The van der Waals surface area contributed by atoms with E-state index in [1.54, 1.807) is 12.1 Å². The van der Waals surface area contributed by atoms with Crippen molar-refractivity contribution in [3.8, 4) is 0 Å². The molecule has 0 heterocycles. The van der Waals surface area contributed by atoms with Crippen molar-refractivity contribution < 1.29 is 4.39 Å². The van der Waals surface area contributed by atoms with E-state index in [9.17, 15) is 4.39 Å². The van der Waals surface area contributed by atoms with Gasteiger partial charge in [0, 0.05) is 5.38 Å². The van der Waals surface area contributed by atoms with Crippen molar-refractivity contribution in [2.45, 2.75) is 38.0 Å². The van der Waals surface area contributed by atoms with Crippen LogP contribution in [0.3, 0.4) is 0 Å². The number of rotatable bonds is 2. The maximum atomic E-state index is 13.8. The highest BCUT2D eigenvalue weighted by molar-refractivity contribution is 6.30. The van der Waals surface area contributed by atoms with Crippen LogP contribution in [0.25, 0.3) is 0 Å². The molecule has 0 amide bonds. The van der Waals surface area contributed by atoms with Crippen molar-refractivity contribution >= 4 is 23.2 Å². The van der Waals surface area contributed by atoms with Gasteiger partial charge in [-0.05, 0) is 42.7 Å². The zero-order chi connectivity index (χ0) is 11.8. The van der Waals surface area contributed by atoms with Crippen LogP contribution in [-0.2, 0) is 6.42 Å². The summed E-state index contributed by atoms with van der Waals surface area (Å²) in [4.78, 5) is 0. The summed E-state index contributed by atoms with van der Waals surface area (Å²) in [6.45, 7) is 2.18. The summed E-state index contributed by atoms with van der Waals surface area (Å²) in [6.07, 6.45) is 3.77. The van der Waals surface area contributed by atoms with Gasteiger partial charge in [0.1, 0.15) is 5.82 Å². The third kappa shape index (κ3) is 2.52. The van der Waals surface area contributed by atoms with Crippen LogP contribution in [0.4, 0.5) is 4.39 Å². The molecule has 2 atom stereocenters. The molecule has 1 aromatic carbocycles. The van der Waals surface area contributed by atoms with Crippen LogP contribution in [0.15, 0.2) is 18.2 Å². The summed E-state index contributed by atoms with van der Waals surface area (Å²) in [5.41, 5.74) is 0.832. The van der Waals surface area contributed by atoms with Gasteiger partial charge in [0.25, 0.3) is 0 Å². The molecule has 0 aromatic heterocycles. The molecule has 0 N–H and O–H groups in total. The van der Waals surface area contributed by atoms with Crippen molar-refractivity contribution in [1.82, 2.24) is 0 Å². The zero-order valence-electron chi connectivity index (χ0n) is 9.27. The second-order valence-corrected chi connectivity index (χ2v) is 6.06. The van der Waals surface area contributed by atoms with Gasteiger partial charge in [-0.15, -0.1) is 11.6 Å². The van der Waals surface area contributed by atoms with E-state index >= 15 is 0 Å². The van der Waals surface area contributed by atoms with Crippen LogP contribution in [-0.4, -0.2) is 5.38 Å². The Morgan fingerprint density at radius 3 is 2.88 bits per heavy atom. The van der Waals surface area contributed by atoms with E-state index in [1.807, 2.05) is 6.07 Å². The first-order chi connectivity index (χ1) is 7.50. The van der Waals surface area contributed by atoms with Crippen LogP contribution in [0.1, 0.15) is 31.7 Å². The second kappa shape index (κ2) is 4.54. The summed E-state index contributed by atoms with van der Waals surface area (Å²) < 4.78 is 13.8. The third-order valence-corrected chi connectivity index (χ3v) is 4.09. The first-order valence-corrected chi connectivity index (χ1v) is 6.39. The van der Waals surface area contributed by atoms with Gasteiger partial charge >= 0.3 is 0 Å². The number of halogens is 3. The predicted molar refractivity (Wildman–Crippen MR) is 66.7 cm³/mol. The molecule has 88 valence electrons. The van der Waals surface area contributed by atoms with Crippen LogP contribution in [0.5, 0.6) is 0 Å². The fraction of sp³-hybridized carbons (Fsp3) is 0.538. The molecular formula is C13H15Cl2F. The van der Waals surface area contributed by atoms with Crippen molar-refractivity contribution in [3.05, 3.63) is 34.6 Å². The highest BCUT2D eigenvalue weighted by Crippen LogP contribution is 2.43. The van der Waals surface area contributed by atoms with Crippen LogP contribution >= 0.6 is 23.2 Å². The van der Waals surface area contributed by atoms with Crippen LogP contribution in [0, 0.1) is 11.2 Å². The Bertz CT molecular complexity index is 392. The largest absolute Gasteiger partial charge is 0.205 e. The smallest absolute Gasteiger partial charge is 0.144 e. The van der Waals surface area contributed by atoms with E-state index in [0.29, 0.717) is 5.56 Å². The second-order valence-electron chi connectivity index (χ2n) is 5.04. The average Bonchev–Trinajstić information content (AvgIpc) is 2.54. The maximum Gasteiger partial charge on any atom is 0.144 e. The molecular weight excluding hydrogens is 246 g/mol. The third-order valence-electron chi connectivity index (χ3n) is 3.42. The average molecular weight is 261 g/mol. The Labute approximate surface area is 106 Å². The molecule has 2 unspecified atom stereocenters. The van der Waals surface area contributed by atoms with Gasteiger partial charge in [0.05, 0.1) is 5.02 Å². The van der Waals surface area contributed by atoms with E-state index in [4.69, 9.17) is 23.2 Å². The molecule has 0 bridgehead atoms. The zero-order valence-corrected chi connectivity index (χ0v) is 10.8. The quantitative estimate of drug-likeness (QED) is 0.669. The monoisotopic (exact) mass is 260 g/mol. The Hall–Kier alpha value is -0.270. The maximum absolute atomic E-state index is 13.8. The summed E-state index contributed by atoms with van der Waals surface area (Å²) >= 11 is 11.9. The van der Waals surface area contributed by atoms with Gasteiger partial charge in [-0.2, -0.15) is 0 Å². The van der Waals surface area contributed by atoms with Crippen molar-refractivity contribution in [1.29, 1.82) is 0 Å². The minimum atomic E-state index is -0.275. The van der Waals surface area contributed by atoms with E-state index in [2.05, 4.69) is 6.92 Å². The van der Waals surface area contributed by atoms with Gasteiger partial charge in [-0.3, -0.25) is 0 Å². The van der Waals surface area contributed by atoms with E-state index < -0.39 is 0 Å². The van der Waals surface area contributed by atoms with Gasteiger partial charge in [0.2, 0.25) is 0 Å². The fourth-order valence-electron chi connectivity index (χ4n) is 2.55. The molecule has 0 spiro atoms. The van der Waals surface area contributed by atoms with Gasteiger partial charge in [-0.25, -0.2) is 4.39 Å². The van der Waals surface area contributed by atoms with Crippen LogP contribution < -0.4 is 0 Å². The molecule has 0 aliphatic heterocycles. The Balaban J connectivity index is 2.18. The minimum absolute atomic E-state index is 0.123. The molecule has 2 rings (SSSR count). The molecule has 16 heavy (non-hydrogen) atoms. The number of hydrogen-bond donors (Lipinski definition) is 0. The lowest BCUT2D eigenvalue weighted by Crippen LogP contribution is -2.16. The fourth-order valence-corrected chi connectivity index (χ4v) is 3.22. The SMILES string of the molecule is CC1(Cc2cccc(Cl)c2F)CCC(Cl)C1. The lowest BCUT2D eigenvalue weighted by atomic mass is 9.82. The highest BCUT2D eigenvalue weighted by Gasteiger charge is 2.34. The van der Waals surface area contributed by atoms with E-state index in [0.717, 1.165) is 25.7 Å². The standard InChI is InChI=1S/C13H15Cl2F/c1-13(6-5-10(14)8-13)7-9-3-2-4-11(15)12(9)16/h2-4,10H,5-8H2,1H3. The summed E-state index contributed by atoms with van der Waals surface area (Å²) in [7, 11) is 0. The van der Waals surface area contributed by atoms with E-state index in [1.165, 1.54) is 0 Å². The van der Waals surface area contributed by atoms with Gasteiger partial charge in [-0.1, -0.05) is 30.7 Å². The molecule has 1 aliphatic rings. The molecule has 0 radical (unpaired) electrons. The first kappa shape index (κ1) is 12.2. The summed E-state index contributed by atoms with van der Waals surface area (Å²) in [6, 6.07) is 5.20. The van der Waals surface area contributed by atoms with Crippen molar-refractivity contribution in [3.63, 3.8) is 0 Å².